The number of benzene rings is 2. The number of carbonyl (C=O) groups is 2. The molecule has 0 radical (unpaired) electrons. The van der Waals surface area contributed by atoms with Crippen LogP contribution in [0.15, 0.2) is 42.5 Å². The first-order valence-electron chi connectivity index (χ1n) is 9.45. The maximum Gasteiger partial charge on any atom is 0.265 e. The van der Waals surface area contributed by atoms with Crippen molar-refractivity contribution in [2.24, 2.45) is 5.92 Å². The van der Waals surface area contributed by atoms with Gasteiger partial charge >= 0.3 is 0 Å². The number of carbonyl (C=O) groups excluding carboxylic acids is 2. The van der Waals surface area contributed by atoms with Gasteiger partial charge in [-0.2, -0.15) is 0 Å². The molecule has 0 aromatic heterocycles. The molecule has 0 unspecified atom stereocenters. The summed E-state index contributed by atoms with van der Waals surface area (Å²) in [7, 11) is 0. The Morgan fingerprint density at radius 1 is 1.15 bits per heavy atom. The maximum atomic E-state index is 12.5. The number of fused-ring (bicyclic) bond motifs is 1. The zero-order chi connectivity index (χ0) is 19.4. The second-order valence-electron chi connectivity index (χ2n) is 6.94. The minimum atomic E-state index is -0.0912. The third-order valence-electron chi connectivity index (χ3n) is 4.99. The normalized spacial score (nSPS) is 13.3. The van der Waals surface area contributed by atoms with E-state index in [9.17, 15) is 9.59 Å². The summed E-state index contributed by atoms with van der Waals surface area (Å²) in [6.07, 6.45) is 1.60. The average molecular weight is 366 g/mol. The van der Waals surface area contributed by atoms with Crippen LogP contribution >= 0.6 is 0 Å². The molecule has 0 saturated heterocycles. The fourth-order valence-corrected chi connectivity index (χ4v) is 3.23. The van der Waals surface area contributed by atoms with Gasteiger partial charge in [-0.1, -0.05) is 43.7 Å². The summed E-state index contributed by atoms with van der Waals surface area (Å²) < 4.78 is 5.57. The second kappa shape index (κ2) is 8.25. The van der Waals surface area contributed by atoms with Crippen molar-refractivity contribution < 1.29 is 14.3 Å². The van der Waals surface area contributed by atoms with Crippen LogP contribution in [0.5, 0.6) is 5.75 Å². The van der Waals surface area contributed by atoms with E-state index in [1.807, 2.05) is 63.2 Å². The smallest absolute Gasteiger partial charge is 0.265 e. The molecule has 1 aliphatic rings. The van der Waals surface area contributed by atoms with Gasteiger partial charge in [0.2, 0.25) is 5.91 Å². The molecule has 0 saturated carbocycles. The summed E-state index contributed by atoms with van der Waals surface area (Å²) in [4.78, 5) is 26.6. The third-order valence-corrected chi connectivity index (χ3v) is 4.99. The Hall–Kier alpha value is -2.82. The molecule has 0 aliphatic carbocycles. The Kier molecular flexibility index (Phi) is 5.79. The van der Waals surface area contributed by atoms with Gasteiger partial charge in [-0.3, -0.25) is 9.59 Å². The number of ether oxygens (including phenoxy) is 1. The van der Waals surface area contributed by atoms with Gasteiger partial charge in [-0.25, -0.2) is 0 Å². The quantitative estimate of drug-likeness (QED) is 0.829. The fraction of sp³-hybridized carbons (Fsp3) is 0.364. The Bertz CT molecular complexity index is 826. The van der Waals surface area contributed by atoms with E-state index < -0.39 is 0 Å². The van der Waals surface area contributed by atoms with Crippen molar-refractivity contribution in [1.82, 2.24) is 0 Å². The summed E-state index contributed by atoms with van der Waals surface area (Å²) in [5.74, 6) is 0.560. The number of nitrogens with zero attached hydrogens (tertiary/aromatic N) is 1. The van der Waals surface area contributed by atoms with Gasteiger partial charge < -0.3 is 15.0 Å². The lowest BCUT2D eigenvalue weighted by atomic mass is 10.0. The van der Waals surface area contributed by atoms with E-state index in [4.69, 9.17) is 4.74 Å². The highest BCUT2D eigenvalue weighted by Gasteiger charge is 2.26. The molecule has 1 aliphatic heterocycles. The van der Waals surface area contributed by atoms with E-state index in [-0.39, 0.29) is 24.3 Å². The Morgan fingerprint density at radius 3 is 2.52 bits per heavy atom. The predicted molar refractivity (Wildman–Crippen MR) is 107 cm³/mol. The largest absolute Gasteiger partial charge is 0.482 e. The van der Waals surface area contributed by atoms with Crippen molar-refractivity contribution in [3.8, 4) is 5.75 Å². The molecule has 5 nitrogen and oxygen atoms in total. The van der Waals surface area contributed by atoms with Crippen LogP contribution in [0.25, 0.3) is 0 Å². The topological polar surface area (TPSA) is 58.6 Å². The molecule has 0 spiro atoms. The second-order valence-corrected chi connectivity index (χ2v) is 6.94. The van der Waals surface area contributed by atoms with Crippen LogP contribution in [0, 0.1) is 12.8 Å². The highest BCUT2D eigenvalue weighted by molar-refractivity contribution is 5.99. The molecule has 2 aromatic rings. The average Bonchev–Trinajstić information content (AvgIpc) is 2.67. The van der Waals surface area contributed by atoms with Crippen molar-refractivity contribution >= 4 is 23.2 Å². The van der Waals surface area contributed by atoms with E-state index in [1.165, 1.54) is 5.56 Å². The molecule has 1 N–H and O–H groups in total. The fourth-order valence-electron chi connectivity index (χ4n) is 3.23. The van der Waals surface area contributed by atoms with Crippen molar-refractivity contribution in [1.29, 1.82) is 0 Å². The maximum absolute atomic E-state index is 12.5. The molecule has 3 rings (SSSR count). The van der Waals surface area contributed by atoms with Crippen LogP contribution < -0.4 is 15.0 Å². The van der Waals surface area contributed by atoms with E-state index >= 15 is 0 Å². The molecule has 2 aromatic carbocycles. The van der Waals surface area contributed by atoms with Crippen molar-refractivity contribution in [3.63, 3.8) is 0 Å². The molecule has 5 heteroatoms. The van der Waals surface area contributed by atoms with Crippen LogP contribution in [-0.4, -0.2) is 18.4 Å². The number of nitrogens with one attached hydrogen (secondary N) is 1. The number of anilines is 2. The van der Waals surface area contributed by atoms with Crippen LogP contribution in [0.3, 0.4) is 0 Å². The highest BCUT2D eigenvalue weighted by Crippen LogP contribution is 2.35. The van der Waals surface area contributed by atoms with Crippen molar-refractivity contribution in [2.45, 2.75) is 40.2 Å². The monoisotopic (exact) mass is 366 g/mol. The highest BCUT2D eigenvalue weighted by atomic mass is 16.5. The van der Waals surface area contributed by atoms with Gasteiger partial charge in [0.25, 0.3) is 5.91 Å². The van der Waals surface area contributed by atoms with E-state index in [2.05, 4.69) is 5.32 Å². The molecule has 2 amide bonds. The van der Waals surface area contributed by atoms with Gasteiger partial charge in [0, 0.05) is 11.6 Å². The Morgan fingerprint density at radius 2 is 1.85 bits per heavy atom. The lowest BCUT2D eigenvalue weighted by Gasteiger charge is -2.30. The van der Waals surface area contributed by atoms with Gasteiger partial charge in [0.05, 0.1) is 12.2 Å². The van der Waals surface area contributed by atoms with Crippen LogP contribution in [0.2, 0.25) is 0 Å². The summed E-state index contributed by atoms with van der Waals surface area (Å²) >= 11 is 0. The Balaban J connectivity index is 1.85. The minimum absolute atomic E-state index is 0.00749. The first kappa shape index (κ1) is 19.0. The number of amides is 2. The first-order valence-corrected chi connectivity index (χ1v) is 9.45. The van der Waals surface area contributed by atoms with Gasteiger partial charge in [0.15, 0.2) is 6.61 Å². The molecule has 0 bridgehead atoms. The lowest BCUT2D eigenvalue weighted by molar-refractivity contribution is -0.121. The SMILES string of the molecule is CCC(CC)C(=O)Nc1ccc2c(c1)N(Cc1ccc(C)cc1)C(=O)CO2. The van der Waals surface area contributed by atoms with Crippen LogP contribution in [0.1, 0.15) is 37.8 Å². The van der Waals surface area contributed by atoms with Gasteiger partial charge in [0.1, 0.15) is 5.75 Å². The number of hydrogen-bond donors (Lipinski definition) is 1. The molecule has 27 heavy (non-hydrogen) atoms. The third kappa shape index (κ3) is 4.30. The van der Waals surface area contributed by atoms with Crippen molar-refractivity contribution in [3.05, 3.63) is 53.6 Å². The van der Waals surface area contributed by atoms with Crippen LogP contribution in [0.4, 0.5) is 11.4 Å². The van der Waals surface area contributed by atoms with E-state index in [1.54, 1.807) is 4.90 Å². The minimum Gasteiger partial charge on any atom is -0.482 e. The van der Waals surface area contributed by atoms with E-state index in [0.717, 1.165) is 18.4 Å². The first-order chi connectivity index (χ1) is 13.0. The van der Waals surface area contributed by atoms with E-state index in [0.29, 0.717) is 23.7 Å². The molecule has 0 atom stereocenters. The zero-order valence-corrected chi connectivity index (χ0v) is 16.1. The Labute approximate surface area is 160 Å². The molecular formula is C22H26N2O3. The lowest BCUT2D eigenvalue weighted by Crippen LogP contribution is -2.38. The summed E-state index contributed by atoms with van der Waals surface area (Å²) in [5, 5.41) is 2.97. The predicted octanol–water partition coefficient (Wildman–Crippen LogP) is 4.30. The molecule has 142 valence electrons. The van der Waals surface area contributed by atoms with Crippen molar-refractivity contribution in [2.75, 3.05) is 16.8 Å². The molecular weight excluding hydrogens is 340 g/mol. The number of hydrogen-bond acceptors (Lipinski definition) is 3. The standard InChI is InChI=1S/C22H26N2O3/c1-4-17(5-2)22(26)23-18-10-11-20-19(12-18)24(21(25)14-27-20)13-16-8-6-15(3)7-9-16/h6-12,17H,4-5,13-14H2,1-3H3,(H,23,26). The summed E-state index contributed by atoms with van der Waals surface area (Å²) in [5.41, 5.74) is 3.60. The number of aryl methyl sites for hydroxylation is 1. The molecule has 1 heterocycles. The van der Waals surface area contributed by atoms with Gasteiger partial charge in [-0.05, 0) is 43.5 Å². The number of rotatable bonds is 6. The summed E-state index contributed by atoms with van der Waals surface area (Å²) in [6.45, 7) is 6.55. The zero-order valence-electron chi connectivity index (χ0n) is 16.1. The summed E-state index contributed by atoms with van der Waals surface area (Å²) in [6, 6.07) is 13.6. The molecule has 0 fully saturated rings. The van der Waals surface area contributed by atoms with Crippen LogP contribution in [-0.2, 0) is 16.1 Å². The van der Waals surface area contributed by atoms with Gasteiger partial charge in [-0.15, -0.1) is 0 Å².